The summed E-state index contributed by atoms with van der Waals surface area (Å²) in [5.74, 6) is 0.826. The van der Waals surface area contributed by atoms with Crippen LogP contribution in [-0.2, 0) is 12.8 Å². The number of likely N-dealkylation sites (N-methyl/N-ethyl adjacent to an activating group) is 1. The Balaban J connectivity index is 1.75. The van der Waals surface area contributed by atoms with Gasteiger partial charge >= 0.3 is 0 Å². The van der Waals surface area contributed by atoms with Gasteiger partial charge in [0.2, 0.25) is 0 Å². The molecule has 1 aliphatic carbocycles. The highest BCUT2D eigenvalue weighted by molar-refractivity contribution is 5.29. The summed E-state index contributed by atoms with van der Waals surface area (Å²) in [7, 11) is 4.25. The molecule has 1 atom stereocenters. The summed E-state index contributed by atoms with van der Waals surface area (Å²) in [6, 6.07) is 8.90. The first-order chi connectivity index (χ1) is 8.25. The monoisotopic (exact) mass is 232 g/mol. The van der Waals surface area contributed by atoms with Crippen molar-refractivity contribution in [3.8, 4) is 0 Å². The summed E-state index contributed by atoms with van der Waals surface area (Å²) in [5, 5.41) is 3.58. The molecule has 1 unspecified atom stereocenters. The van der Waals surface area contributed by atoms with E-state index in [4.69, 9.17) is 0 Å². The zero-order valence-electron chi connectivity index (χ0n) is 11.1. The second-order valence-corrected chi connectivity index (χ2v) is 5.38. The lowest BCUT2D eigenvalue weighted by Crippen LogP contribution is -2.32. The van der Waals surface area contributed by atoms with Crippen LogP contribution in [0.15, 0.2) is 24.3 Å². The number of nitrogens with one attached hydrogen (secondary N) is 1. The fourth-order valence-electron chi connectivity index (χ4n) is 2.56. The standard InChI is InChI=1S/C15H24N2/c1-17(2)10-9-16-12-13-7-8-14-5-3-4-6-15(14)11-13/h3-6,13,16H,7-12H2,1-2H3. The van der Waals surface area contributed by atoms with Gasteiger partial charge in [0, 0.05) is 13.1 Å². The highest BCUT2D eigenvalue weighted by atomic mass is 15.1. The van der Waals surface area contributed by atoms with Gasteiger partial charge in [-0.25, -0.2) is 0 Å². The molecule has 0 spiro atoms. The molecule has 0 radical (unpaired) electrons. The number of fused-ring (bicyclic) bond motifs is 1. The van der Waals surface area contributed by atoms with Gasteiger partial charge in [-0.15, -0.1) is 0 Å². The van der Waals surface area contributed by atoms with Gasteiger partial charge in [-0.3, -0.25) is 0 Å². The van der Waals surface area contributed by atoms with Crippen LogP contribution in [0.2, 0.25) is 0 Å². The second kappa shape index (κ2) is 6.18. The molecule has 0 heterocycles. The predicted octanol–water partition coefficient (Wildman–Crippen LogP) is 1.94. The average molecular weight is 232 g/mol. The lowest BCUT2D eigenvalue weighted by Gasteiger charge is -2.25. The van der Waals surface area contributed by atoms with Crippen LogP contribution in [0.5, 0.6) is 0 Å². The molecular formula is C15H24N2. The highest BCUT2D eigenvalue weighted by Gasteiger charge is 2.17. The van der Waals surface area contributed by atoms with Crippen molar-refractivity contribution in [2.24, 2.45) is 5.92 Å². The number of hydrogen-bond acceptors (Lipinski definition) is 2. The normalized spacial score (nSPS) is 19.4. The van der Waals surface area contributed by atoms with E-state index in [0.717, 1.165) is 19.0 Å². The molecule has 0 amide bonds. The molecule has 0 fully saturated rings. The van der Waals surface area contributed by atoms with Crippen LogP contribution < -0.4 is 5.32 Å². The second-order valence-electron chi connectivity index (χ2n) is 5.38. The third kappa shape index (κ3) is 3.83. The third-order valence-electron chi connectivity index (χ3n) is 3.62. The maximum Gasteiger partial charge on any atom is 0.0101 e. The molecule has 0 saturated heterocycles. The Bertz CT molecular complexity index is 347. The van der Waals surface area contributed by atoms with E-state index >= 15 is 0 Å². The van der Waals surface area contributed by atoms with Crippen molar-refractivity contribution < 1.29 is 0 Å². The SMILES string of the molecule is CN(C)CCNCC1CCc2ccccc2C1. The maximum absolute atomic E-state index is 3.58. The fraction of sp³-hybridized carbons (Fsp3) is 0.600. The molecule has 94 valence electrons. The molecule has 2 nitrogen and oxygen atoms in total. The van der Waals surface area contributed by atoms with Crippen LogP contribution in [0.25, 0.3) is 0 Å². The van der Waals surface area contributed by atoms with E-state index < -0.39 is 0 Å². The molecule has 17 heavy (non-hydrogen) atoms. The van der Waals surface area contributed by atoms with E-state index in [-0.39, 0.29) is 0 Å². The van der Waals surface area contributed by atoms with E-state index in [1.807, 2.05) is 0 Å². The Kier molecular flexibility index (Phi) is 4.57. The number of aryl methyl sites for hydroxylation is 1. The number of hydrogen-bond donors (Lipinski definition) is 1. The zero-order chi connectivity index (χ0) is 12.1. The van der Waals surface area contributed by atoms with E-state index in [1.54, 1.807) is 11.1 Å². The number of benzene rings is 1. The molecule has 2 heteroatoms. The van der Waals surface area contributed by atoms with Crippen molar-refractivity contribution >= 4 is 0 Å². The summed E-state index contributed by atoms with van der Waals surface area (Å²) in [5.41, 5.74) is 3.13. The minimum absolute atomic E-state index is 0.826. The summed E-state index contributed by atoms with van der Waals surface area (Å²) in [4.78, 5) is 2.23. The molecule has 1 aromatic carbocycles. The predicted molar refractivity (Wildman–Crippen MR) is 73.4 cm³/mol. The van der Waals surface area contributed by atoms with E-state index in [2.05, 4.69) is 48.6 Å². The summed E-state index contributed by atoms with van der Waals surface area (Å²) >= 11 is 0. The fourth-order valence-corrected chi connectivity index (χ4v) is 2.56. The highest BCUT2D eigenvalue weighted by Crippen LogP contribution is 2.24. The first-order valence-electron chi connectivity index (χ1n) is 6.68. The number of nitrogens with zero attached hydrogens (tertiary/aromatic N) is 1. The Labute approximate surface area is 105 Å². The Morgan fingerprint density at radius 2 is 2.00 bits per heavy atom. The van der Waals surface area contributed by atoms with Gasteiger partial charge in [-0.2, -0.15) is 0 Å². The van der Waals surface area contributed by atoms with Crippen molar-refractivity contribution in [1.29, 1.82) is 0 Å². The maximum atomic E-state index is 3.58. The summed E-state index contributed by atoms with van der Waals surface area (Å²) in [6.07, 6.45) is 3.85. The van der Waals surface area contributed by atoms with Crippen molar-refractivity contribution in [3.05, 3.63) is 35.4 Å². The van der Waals surface area contributed by atoms with Crippen LogP contribution in [0.1, 0.15) is 17.5 Å². The Morgan fingerprint density at radius 1 is 1.24 bits per heavy atom. The van der Waals surface area contributed by atoms with E-state index in [1.165, 1.54) is 25.8 Å². The van der Waals surface area contributed by atoms with Crippen molar-refractivity contribution in [3.63, 3.8) is 0 Å². The first kappa shape index (κ1) is 12.6. The molecule has 1 aromatic rings. The summed E-state index contributed by atoms with van der Waals surface area (Å²) < 4.78 is 0. The van der Waals surface area contributed by atoms with Crippen LogP contribution in [0.4, 0.5) is 0 Å². The van der Waals surface area contributed by atoms with Gasteiger partial charge in [-0.05, 0) is 56.9 Å². The van der Waals surface area contributed by atoms with Crippen LogP contribution in [0, 0.1) is 5.92 Å². The molecular weight excluding hydrogens is 208 g/mol. The minimum Gasteiger partial charge on any atom is -0.315 e. The molecule has 1 aliphatic rings. The van der Waals surface area contributed by atoms with E-state index in [0.29, 0.717) is 0 Å². The smallest absolute Gasteiger partial charge is 0.0101 e. The van der Waals surface area contributed by atoms with Gasteiger partial charge in [0.05, 0.1) is 0 Å². The summed E-state index contributed by atoms with van der Waals surface area (Å²) in [6.45, 7) is 3.40. The topological polar surface area (TPSA) is 15.3 Å². The van der Waals surface area contributed by atoms with Crippen LogP contribution in [0.3, 0.4) is 0 Å². The average Bonchev–Trinajstić information content (AvgIpc) is 2.34. The van der Waals surface area contributed by atoms with Crippen molar-refractivity contribution in [1.82, 2.24) is 10.2 Å². The molecule has 2 rings (SSSR count). The largest absolute Gasteiger partial charge is 0.315 e. The molecule has 0 aromatic heterocycles. The molecule has 0 aliphatic heterocycles. The van der Waals surface area contributed by atoms with Crippen LogP contribution in [-0.4, -0.2) is 38.6 Å². The minimum atomic E-state index is 0.826. The molecule has 0 saturated carbocycles. The van der Waals surface area contributed by atoms with Crippen LogP contribution >= 0.6 is 0 Å². The van der Waals surface area contributed by atoms with Crippen molar-refractivity contribution in [2.45, 2.75) is 19.3 Å². The van der Waals surface area contributed by atoms with E-state index in [9.17, 15) is 0 Å². The first-order valence-corrected chi connectivity index (χ1v) is 6.68. The quantitative estimate of drug-likeness (QED) is 0.781. The van der Waals surface area contributed by atoms with Gasteiger partial charge in [0.25, 0.3) is 0 Å². The van der Waals surface area contributed by atoms with Gasteiger partial charge in [0.1, 0.15) is 0 Å². The lowest BCUT2D eigenvalue weighted by atomic mass is 9.84. The zero-order valence-corrected chi connectivity index (χ0v) is 11.1. The molecule has 1 N–H and O–H groups in total. The van der Waals surface area contributed by atoms with Crippen molar-refractivity contribution in [2.75, 3.05) is 33.7 Å². The number of rotatable bonds is 5. The Morgan fingerprint density at radius 3 is 2.76 bits per heavy atom. The van der Waals surface area contributed by atoms with Gasteiger partial charge < -0.3 is 10.2 Å². The van der Waals surface area contributed by atoms with Gasteiger partial charge in [-0.1, -0.05) is 24.3 Å². The lowest BCUT2D eigenvalue weighted by molar-refractivity contribution is 0.374. The van der Waals surface area contributed by atoms with Gasteiger partial charge in [0.15, 0.2) is 0 Å². The third-order valence-corrected chi connectivity index (χ3v) is 3.62. The molecule has 0 bridgehead atoms. The Hall–Kier alpha value is -0.860.